The lowest BCUT2D eigenvalue weighted by atomic mass is 9.92. The number of hydrogen-bond acceptors (Lipinski definition) is 3. The molecule has 3 rings (SSSR count). The Labute approximate surface area is 128 Å². The van der Waals surface area contributed by atoms with Gasteiger partial charge in [0.1, 0.15) is 5.82 Å². The highest BCUT2D eigenvalue weighted by molar-refractivity contribution is 5.74. The van der Waals surface area contributed by atoms with Crippen molar-refractivity contribution in [2.24, 2.45) is 0 Å². The van der Waals surface area contributed by atoms with E-state index < -0.39 is 0 Å². The van der Waals surface area contributed by atoms with Gasteiger partial charge in [0.25, 0.3) is 0 Å². The third-order valence-electron chi connectivity index (χ3n) is 3.72. The van der Waals surface area contributed by atoms with Crippen molar-refractivity contribution in [1.29, 1.82) is 0 Å². The summed E-state index contributed by atoms with van der Waals surface area (Å²) < 4.78 is 13.1. The molecule has 1 heterocycles. The van der Waals surface area contributed by atoms with Crippen LogP contribution < -0.4 is 0 Å². The van der Waals surface area contributed by atoms with Gasteiger partial charge < -0.3 is 5.11 Å². The molecule has 0 saturated heterocycles. The predicted molar refractivity (Wildman–Crippen MR) is 83.5 cm³/mol. The standard InChI is InChI=1S/C18H15FN2O/c1-12-15(18-20-9-2-10-21-18)7-8-16(17(12)11-22)13-3-5-14(19)6-4-13/h2-10,22H,11H2,1H3. The first-order chi connectivity index (χ1) is 10.7. The molecule has 3 aromatic rings. The topological polar surface area (TPSA) is 46.0 Å². The maximum atomic E-state index is 13.1. The molecule has 0 radical (unpaired) electrons. The molecule has 0 atom stereocenters. The van der Waals surface area contributed by atoms with Gasteiger partial charge in [-0.2, -0.15) is 0 Å². The summed E-state index contributed by atoms with van der Waals surface area (Å²) in [5.41, 5.74) is 4.37. The minimum absolute atomic E-state index is 0.0980. The summed E-state index contributed by atoms with van der Waals surface area (Å²) in [5, 5.41) is 9.77. The summed E-state index contributed by atoms with van der Waals surface area (Å²) >= 11 is 0. The maximum Gasteiger partial charge on any atom is 0.159 e. The highest BCUT2D eigenvalue weighted by Gasteiger charge is 2.13. The summed E-state index contributed by atoms with van der Waals surface area (Å²) in [7, 11) is 0. The van der Waals surface area contributed by atoms with Crippen LogP contribution in [-0.4, -0.2) is 15.1 Å². The van der Waals surface area contributed by atoms with E-state index in [0.717, 1.165) is 27.8 Å². The Morgan fingerprint density at radius 3 is 2.23 bits per heavy atom. The molecule has 1 N–H and O–H groups in total. The fourth-order valence-corrected chi connectivity index (χ4v) is 2.54. The third-order valence-corrected chi connectivity index (χ3v) is 3.72. The van der Waals surface area contributed by atoms with Crippen molar-refractivity contribution in [3.8, 4) is 22.5 Å². The van der Waals surface area contributed by atoms with Gasteiger partial charge >= 0.3 is 0 Å². The lowest BCUT2D eigenvalue weighted by Crippen LogP contribution is -1.98. The Hall–Kier alpha value is -2.59. The normalized spacial score (nSPS) is 10.7. The van der Waals surface area contributed by atoms with E-state index in [4.69, 9.17) is 0 Å². The van der Waals surface area contributed by atoms with Crippen LogP contribution in [0.25, 0.3) is 22.5 Å². The quantitative estimate of drug-likeness (QED) is 0.800. The molecular formula is C18H15FN2O. The number of rotatable bonds is 3. The first kappa shape index (κ1) is 14.4. The molecule has 0 bridgehead atoms. The van der Waals surface area contributed by atoms with E-state index in [1.165, 1.54) is 12.1 Å². The van der Waals surface area contributed by atoms with Crippen LogP contribution in [0.2, 0.25) is 0 Å². The van der Waals surface area contributed by atoms with Crippen molar-refractivity contribution in [3.63, 3.8) is 0 Å². The summed E-state index contributed by atoms with van der Waals surface area (Å²) in [5.74, 6) is 0.348. The van der Waals surface area contributed by atoms with Gasteiger partial charge in [0.2, 0.25) is 0 Å². The van der Waals surface area contributed by atoms with Crippen molar-refractivity contribution in [3.05, 3.63) is 71.8 Å². The molecule has 1 aromatic heterocycles. The Morgan fingerprint density at radius 2 is 1.59 bits per heavy atom. The van der Waals surface area contributed by atoms with Crippen molar-refractivity contribution in [2.45, 2.75) is 13.5 Å². The average Bonchev–Trinajstić information content (AvgIpc) is 2.56. The number of aromatic nitrogens is 2. The van der Waals surface area contributed by atoms with Crippen LogP contribution in [0, 0.1) is 12.7 Å². The lowest BCUT2D eigenvalue weighted by molar-refractivity contribution is 0.281. The minimum Gasteiger partial charge on any atom is -0.392 e. The number of hydrogen-bond donors (Lipinski definition) is 1. The van der Waals surface area contributed by atoms with Crippen molar-refractivity contribution in [1.82, 2.24) is 9.97 Å². The van der Waals surface area contributed by atoms with E-state index in [1.807, 2.05) is 19.1 Å². The van der Waals surface area contributed by atoms with Gasteiger partial charge in [-0.15, -0.1) is 0 Å². The van der Waals surface area contributed by atoms with Gasteiger partial charge in [-0.1, -0.05) is 24.3 Å². The number of halogens is 1. The smallest absolute Gasteiger partial charge is 0.159 e. The monoisotopic (exact) mass is 294 g/mol. The molecule has 0 fully saturated rings. The largest absolute Gasteiger partial charge is 0.392 e. The molecule has 3 nitrogen and oxygen atoms in total. The van der Waals surface area contributed by atoms with Gasteiger partial charge in [0.05, 0.1) is 6.61 Å². The number of benzene rings is 2. The SMILES string of the molecule is Cc1c(-c2ncccn2)ccc(-c2ccc(F)cc2)c1CO. The van der Waals surface area contributed by atoms with Crippen molar-refractivity contribution >= 4 is 0 Å². The van der Waals surface area contributed by atoms with E-state index in [1.54, 1.807) is 30.6 Å². The van der Waals surface area contributed by atoms with Crippen LogP contribution >= 0.6 is 0 Å². The maximum absolute atomic E-state index is 13.1. The number of nitrogens with zero attached hydrogens (tertiary/aromatic N) is 2. The predicted octanol–water partition coefficient (Wildman–Crippen LogP) is 3.75. The molecule has 2 aromatic carbocycles. The van der Waals surface area contributed by atoms with Crippen LogP contribution in [0.5, 0.6) is 0 Å². The molecule has 0 unspecified atom stereocenters. The summed E-state index contributed by atoms with van der Waals surface area (Å²) in [4.78, 5) is 8.51. The van der Waals surface area contributed by atoms with E-state index >= 15 is 0 Å². The summed E-state index contributed by atoms with van der Waals surface area (Å²) in [6.45, 7) is 1.84. The van der Waals surface area contributed by atoms with Gasteiger partial charge in [0.15, 0.2) is 5.82 Å². The molecule has 0 aliphatic heterocycles. The highest BCUT2D eigenvalue weighted by atomic mass is 19.1. The van der Waals surface area contributed by atoms with Crippen LogP contribution in [0.1, 0.15) is 11.1 Å². The average molecular weight is 294 g/mol. The van der Waals surface area contributed by atoms with Crippen molar-refractivity contribution < 1.29 is 9.50 Å². The third kappa shape index (κ3) is 2.61. The first-order valence-electron chi connectivity index (χ1n) is 6.97. The Morgan fingerprint density at radius 1 is 0.955 bits per heavy atom. The van der Waals surface area contributed by atoms with E-state index in [-0.39, 0.29) is 12.4 Å². The second kappa shape index (κ2) is 6.03. The van der Waals surface area contributed by atoms with Crippen LogP contribution in [0.4, 0.5) is 4.39 Å². The number of aliphatic hydroxyl groups excluding tert-OH is 1. The minimum atomic E-state index is -0.277. The molecule has 0 aliphatic rings. The molecule has 0 saturated carbocycles. The zero-order valence-electron chi connectivity index (χ0n) is 12.1. The first-order valence-corrected chi connectivity index (χ1v) is 6.97. The molecule has 22 heavy (non-hydrogen) atoms. The van der Waals surface area contributed by atoms with E-state index in [2.05, 4.69) is 9.97 Å². The van der Waals surface area contributed by atoms with Gasteiger partial charge in [-0.05, 0) is 47.4 Å². The molecule has 4 heteroatoms. The Kier molecular flexibility index (Phi) is 3.94. The van der Waals surface area contributed by atoms with Crippen LogP contribution in [0.15, 0.2) is 54.9 Å². The Balaban J connectivity index is 2.15. The Bertz CT molecular complexity index is 786. The zero-order chi connectivity index (χ0) is 15.5. The zero-order valence-corrected chi connectivity index (χ0v) is 12.1. The van der Waals surface area contributed by atoms with Gasteiger partial charge in [-0.3, -0.25) is 0 Å². The molecule has 110 valence electrons. The molecule has 0 aliphatic carbocycles. The van der Waals surface area contributed by atoms with Crippen LogP contribution in [0.3, 0.4) is 0 Å². The van der Waals surface area contributed by atoms with Crippen LogP contribution in [-0.2, 0) is 6.61 Å². The van der Waals surface area contributed by atoms with Crippen molar-refractivity contribution in [2.75, 3.05) is 0 Å². The van der Waals surface area contributed by atoms with E-state index in [9.17, 15) is 9.50 Å². The fraction of sp³-hybridized carbons (Fsp3) is 0.111. The molecular weight excluding hydrogens is 279 g/mol. The van der Waals surface area contributed by atoms with E-state index in [0.29, 0.717) is 5.82 Å². The molecule has 0 amide bonds. The highest BCUT2D eigenvalue weighted by Crippen LogP contribution is 2.31. The summed E-state index contributed by atoms with van der Waals surface area (Å²) in [6, 6.07) is 11.9. The molecule has 0 spiro atoms. The van der Waals surface area contributed by atoms with Gasteiger partial charge in [0, 0.05) is 18.0 Å². The summed E-state index contributed by atoms with van der Waals surface area (Å²) in [6.07, 6.45) is 3.38. The second-order valence-electron chi connectivity index (χ2n) is 5.00. The number of aliphatic hydroxyl groups is 1. The lowest BCUT2D eigenvalue weighted by Gasteiger charge is -2.14. The fourth-order valence-electron chi connectivity index (χ4n) is 2.54. The second-order valence-corrected chi connectivity index (χ2v) is 5.00. The van der Waals surface area contributed by atoms with Gasteiger partial charge in [-0.25, -0.2) is 14.4 Å².